The fourth-order valence-corrected chi connectivity index (χ4v) is 3.10. The molecule has 1 heterocycles. The molecule has 0 saturated carbocycles. The first-order valence-electron chi connectivity index (χ1n) is 9.64. The Labute approximate surface area is 190 Å². The molecule has 0 unspecified atom stereocenters. The molecule has 0 aliphatic carbocycles. The van der Waals surface area contributed by atoms with Crippen molar-refractivity contribution in [2.24, 2.45) is 10.1 Å². The quantitative estimate of drug-likeness (QED) is 0.389. The minimum absolute atomic E-state index is 0.0392. The van der Waals surface area contributed by atoms with E-state index in [0.717, 1.165) is 0 Å². The Morgan fingerprint density at radius 3 is 2.52 bits per heavy atom. The van der Waals surface area contributed by atoms with E-state index in [1.165, 1.54) is 18.3 Å². The summed E-state index contributed by atoms with van der Waals surface area (Å²) >= 11 is 0. The molecule has 0 fully saturated rings. The van der Waals surface area contributed by atoms with Gasteiger partial charge in [0.15, 0.2) is 5.82 Å². The van der Waals surface area contributed by atoms with Crippen molar-refractivity contribution in [1.29, 1.82) is 0 Å². The molecule has 0 amide bonds. The maximum absolute atomic E-state index is 12.8. The molecule has 0 aliphatic heterocycles. The standard InChI is InChI=1S/C21H23F3N6O2S/c1-4-6-16(7-5-2)29-18-12-26-20(30-19(18)27-13-21(22,23)24)28-14(3)15-8-10-17(11-9-15)33(25,31)32/h4,6,8-12,14H,13H2,1-3H3,(H2,25,31,32)(H2,26,27,28,30)/b6-4-,29-16?/t14-/m1/s1. The first-order valence-corrected chi connectivity index (χ1v) is 11.2. The Hall–Kier alpha value is -3.43. The summed E-state index contributed by atoms with van der Waals surface area (Å²) in [6.07, 6.45) is 0.133. The summed E-state index contributed by atoms with van der Waals surface area (Å²) in [7, 11) is -3.82. The zero-order chi connectivity index (χ0) is 24.6. The van der Waals surface area contributed by atoms with E-state index in [1.807, 2.05) is 0 Å². The van der Waals surface area contributed by atoms with Crippen molar-refractivity contribution in [3.05, 3.63) is 48.2 Å². The average Bonchev–Trinajstić information content (AvgIpc) is 2.73. The molecule has 4 N–H and O–H groups in total. The van der Waals surface area contributed by atoms with Gasteiger partial charge in [-0.2, -0.15) is 18.2 Å². The van der Waals surface area contributed by atoms with Crippen molar-refractivity contribution in [1.82, 2.24) is 9.97 Å². The van der Waals surface area contributed by atoms with Gasteiger partial charge in [-0.3, -0.25) is 0 Å². The summed E-state index contributed by atoms with van der Waals surface area (Å²) in [6.45, 7) is 3.82. The van der Waals surface area contributed by atoms with Crippen molar-refractivity contribution in [2.75, 3.05) is 17.2 Å². The zero-order valence-electron chi connectivity index (χ0n) is 18.1. The molecular formula is C21H23F3N6O2S. The van der Waals surface area contributed by atoms with Gasteiger partial charge in [0.25, 0.3) is 0 Å². The van der Waals surface area contributed by atoms with Crippen molar-refractivity contribution in [2.45, 2.75) is 37.9 Å². The highest BCUT2D eigenvalue weighted by molar-refractivity contribution is 7.89. The van der Waals surface area contributed by atoms with Crippen LogP contribution in [0.2, 0.25) is 0 Å². The highest BCUT2D eigenvalue weighted by atomic mass is 32.2. The lowest BCUT2D eigenvalue weighted by Gasteiger charge is -2.16. The van der Waals surface area contributed by atoms with Gasteiger partial charge in [-0.05, 0) is 50.5 Å². The van der Waals surface area contributed by atoms with Crippen LogP contribution in [-0.2, 0) is 10.0 Å². The number of primary sulfonamides is 1. The second kappa shape index (κ2) is 10.9. The first kappa shape index (κ1) is 25.8. The Bertz CT molecular complexity index is 1200. The first-order chi connectivity index (χ1) is 15.4. The number of sulfonamides is 1. The van der Waals surface area contributed by atoms with Crippen molar-refractivity contribution in [3.63, 3.8) is 0 Å². The Balaban J connectivity index is 2.35. The van der Waals surface area contributed by atoms with E-state index in [4.69, 9.17) is 5.14 Å². The number of rotatable bonds is 8. The number of benzene rings is 1. The van der Waals surface area contributed by atoms with E-state index >= 15 is 0 Å². The Morgan fingerprint density at radius 1 is 1.30 bits per heavy atom. The maximum Gasteiger partial charge on any atom is 0.405 e. The summed E-state index contributed by atoms with van der Waals surface area (Å²) in [5.41, 5.74) is 1.11. The molecule has 8 nitrogen and oxygen atoms in total. The number of nitrogens with two attached hydrogens (primary N) is 1. The molecule has 1 aromatic carbocycles. The monoisotopic (exact) mass is 480 g/mol. The van der Waals surface area contributed by atoms with Crippen LogP contribution in [0.1, 0.15) is 32.4 Å². The van der Waals surface area contributed by atoms with Crippen LogP contribution in [0.4, 0.5) is 30.6 Å². The van der Waals surface area contributed by atoms with Crippen LogP contribution in [0.3, 0.4) is 0 Å². The van der Waals surface area contributed by atoms with Gasteiger partial charge < -0.3 is 10.6 Å². The number of anilines is 2. The van der Waals surface area contributed by atoms with E-state index in [2.05, 4.69) is 37.4 Å². The van der Waals surface area contributed by atoms with Crippen LogP contribution in [0, 0.1) is 11.8 Å². The molecule has 1 atom stereocenters. The number of nitrogens with zero attached hydrogens (tertiary/aromatic N) is 3. The minimum Gasteiger partial charge on any atom is -0.359 e. The minimum atomic E-state index is -4.47. The summed E-state index contributed by atoms with van der Waals surface area (Å²) < 4.78 is 61.1. The van der Waals surface area contributed by atoms with E-state index in [0.29, 0.717) is 11.3 Å². The molecule has 2 rings (SSSR count). The lowest BCUT2D eigenvalue weighted by Crippen LogP contribution is -2.22. The molecule has 0 saturated heterocycles. The number of allylic oxidation sites excluding steroid dienone is 2. The average molecular weight is 481 g/mol. The summed E-state index contributed by atoms with van der Waals surface area (Å²) in [4.78, 5) is 12.5. The third kappa shape index (κ3) is 8.21. The van der Waals surface area contributed by atoms with Gasteiger partial charge in [0.1, 0.15) is 17.9 Å². The van der Waals surface area contributed by atoms with Gasteiger partial charge in [0, 0.05) is 0 Å². The number of nitrogens with one attached hydrogen (secondary N) is 2. The van der Waals surface area contributed by atoms with E-state index < -0.39 is 28.8 Å². The lowest BCUT2D eigenvalue weighted by atomic mass is 10.1. The zero-order valence-corrected chi connectivity index (χ0v) is 18.9. The molecule has 176 valence electrons. The molecule has 2 aromatic rings. The van der Waals surface area contributed by atoms with E-state index in [9.17, 15) is 21.6 Å². The second-order valence-electron chi connectivity index (χ2n) is 6.75. The lowest BCUT2D eigenvalue weighted by molar-refractivity contribution is -0.115. The predicted octanol–water partition coefficient (Wildman–Crippen LogP) is 3.94. The van der Waals surface area contributed by atoms with Crippen molar-refractivity contribution in [3.8, 4) is 11.8 Å². The third-order valence-electron chi connectivity index (χ3n) is 4.10. The van der Waals surface area contributed by atoms with Crippen molar-refractivity contribution < 1.29 is 21.6 Å². The molecule has 12 heteroatoms. The fraction of sp³-hybridized carbons (Fsp3) is 0.286. The normalized spacial score (nSPS) is 13.4. The predicted molar refractivity (Wildman–Crippen MR) is 122 cm³/mol. The van der Waals surface area contributed by atoms with Crippen LogP contribution in [0.5, 0.6) is 0 Å². The smallest absolute Gasteiger partial charge is 0.359 e. The Morgan fingerprint density at radius 2 is 1.97 bits per heavy atom. The van der Waals surface area contributed by atoms with Crippen LogP contribution < -0.4 is 15.8 Å². The summed E-state index contributed by atoms with van der Waals surface area (Å²) in [5.74, 6) is 5.37. The molecule has 0 bridgehead atoms. The number of hydrogen-bond donors (Lipinski definition) is 3. The number of alkyl halides is 3. The maximum atomic E-state index is 12.8. The fourth-order valence-electron chi connectivity index (χ4n) is 2.59. The number of halogens is 3. The third-order valence-corrected chi connectivity index (χ3v) is 5.03. The highest BCUT2D eigenvalue weighted by Gasteiger charge is 2.27. The summed E-state index contributed by atoms with van der Waals surface area (Å²) in [6, 6.07) is 5.44. The largest absolute Gasteiger partial charge is 0.405 e. The molecular weight excluding hydrogens is 457 g/mol. The van der Waals surface area contributed by atoms with Gasteiger partial charge >= 0.3 is 6.18 Å². The van der Waals surface area contributed by atoms with Crippen LogP contribution >= 0.6 is 0 Å². The number of aliphatic imine (C=N–C) groups is 1. The van der Waals surface area contributed by atoms with E-state index in [1.54, 1.807) is 45.1 Å². The SMILES string of the molecule is CC#CC(/C=C\C)=Nc1cnc(N[C@H](C)c2ccc(S(N)(=O)=O)cc2)nc1NCC(F)(F)F. The van der Waals surface area contributed by atoms with E-state index in [-0.39, 0.29) is 22.3 Å². The van der Waals surface area contributed by atoms with Crippen LogP contribution in [0.25, 0.3) is 0 Å². The van der Waals surface area contributed by atoms with Gasteiger partial charge in [0.05, 0.1) is 17.1 Å². The Kier molecular flexibility index (Phi) is 8.56. The molecule has 1 aromatic heterocycles. The van der Waals surface area contributed by atoms with Gasteiger partial charge in [-0.1, -0.05) is 24.1 Å². The molecule has 0 radical (unpaired) electrons. The number of aromatic nitrogens is 2. The molecule has 0 spiro atoms. The van der Waals surface area contributed by atoms with Crippen LogP contribution in [-0.4, -0.2) is 36.8 Å². The second-order valence-corrected chi connectivity index (χ2v) is 8.31. The van der Waals surface area contributed by atoms with Crippen LogP contribution in [0.15, 0.2) is 52.5 Å². The summed E-state index contributed by atoms with van der Waals surface area (Å²) in [5, 5.41) is 10.3. The van der Waals surface area contributed by atoms with Gasteiger partial charge in [-0.15, -0.1) is 0 Å². The van der Waals surface area contributed by atoms with Gasteiger partial charge in [0.2, 0.25) is 16.0 Å². The van der Waals surface area contributed by atoms with Gasteiger partial charge in [-0.25, -0.2) is 23.5 Å². The number of hydrogen-bond acceptors (Lipinski definition) is 7. The molecule has 0 aliphatic rings. The highest BCUT2D eigenvalue weighted by Crippen LogP contribution is 2.27. The molecule has 33 heavy (non-hydrogen) atoms. The topological polar surface area (TPSA) is 122 Å². The van der Waals surface area contributed by atoms with Crippen molar-refractivity contribution >= 4 is 33.2 Å².